The Morgan fingerprint density at radius 2 is 1.69 bits per heavy atom. The molecule has 0 aromatic heterocycles. The molecule has 90 valence electrons. The van der Waals surface area contributed by atoms with Gasteiger partial charge in [-0.1, -0.05) is 13.8 Å². The highest BCUT2D eigenvalue weighted by atomic mass is 16.4. The van der Waals surface area contributed by atoms with Crippen LogP contribution in [0.1, 0.15) is 33.1 Å². The summed E-state index contributed by atoms with van der Waals surface area (Å²) in [5, 5.41) is 11.2. The fraction of sp³-hybridized carbons (Fsp3) is 0.667. The van der Waals surface area contributed by atoms with Crippen LogP contribution >= 0.6 is 0 Å². The lowest BCUT2D eigenvalue weighted by atomic mass is 9.80. The van der Waals surface area contributed by atoms with Crippen LogP contribution in [-0.4, -0.2) is 23.0 Å². The molecule has 2 atom stereocenters. The molecule has 2 N–H and O–H groups in total. The maximum Gasteiger partial charge on any atom is 0.328 e. The third-order valence-electron chi connectivity index (χ3n) is 2.90. The second-order valence-electron chi connectivity index (χ2n) is 4.79. The van der Waals surface area contributed by atoms with Gasteiger partial charge in [0.1, 0.15) is 0 Å². The summed E-state index contributed by atoms with van der Waals surface area (Å²) in [7, 11) is 0. The average Bonchev–Trinajstić information content (AvgIpc) is 2.12. The summed E-state index contributed by atoms with van der Waals surface area (Å²) in [6.45, 7) is 4.36. The fourth-order valence-corrected chi connectivity index (χ4v) is 2.46. The van der Waals surface area contributed by atoms with E-state index in [4.69, 9.17) is 5.11 Å². The second kappa shape index (κ2) is 5.68. The van der Waals surface area contributed by atoms with Gasteiger partial charge in [0.05, 0.1) is 0 Å². The number of nitrogens with one attached hydrogen (secondary N) is 1. The van der Waals surface area contributed by atoms with Crippen molar-refractivity contribution in [3.63, 3.8) is 0 Å². The molecule has 0 bridgehead atoms. The summed E-state index contributed by atoms with van der Waals surface area (Å²) in [6.07, 6.45) is 5.11. The maximum atomic E-state index is 11.4. The van der Waals surface area contributed by atoms with Crippen molar-refractivity contribution in [3.05, 3.63) is 12.2 Å². The smallest absolute Gasteiger partial charge is 0.328 e. The molecule has 0 aromatic carbocycles. The monoisotopic (exact) mass is 225 g/mol. The summed E-state index contributed by atoms with van der Waals surface area (Å²) in [4.78, 5) is 21.6. The maximum absolute atomic E-state index is 11.4. The van der Waals surface area contributed by atoms with E-state index in [1.54, 1.807) is 0 Å². The molecule has 0 aromatic rings. The van der Waals surface area contributed by atoms with Crippen LogP contribution in [0.15, 0.2) is 12.2 Å². The van der Waals surface area contributed by atoms with Crippen molar-refractivity contribution in [2.24, 2.45) is 11.8 Å². The third-order valence-corrected chi connectivity index (χ3v) is 2.90. The number of hydrogen-bond acceptors (Lipinski definition) is 2. The van der Waals surface area contributed by atoms with Crippen LogP contribution in [-0.2, 0) is 9.59 Å². The second-order valence-corrected chi connectivity index (χ2v) is 4.79. The van der Waals surface area contributed by atoms with Crippen molar-refractivity contribution in [2.45, 2.75) is 39.2 Å². The van der Waals surface area contributed by atoms with E-state index < -0.39 is 5.97 Å². The molecule has 0 aliphatic heterocycles. The minimum absolute atomic E-state index is 0.185. The minimum Gasteiger partial charge on any atom is -0.478 e. The van der Waals surface area contributed by atoms with Crippen molar-refractivity contribution in [3.8, 4) is 0 Å². The Kier molecular flexibility index (Phi) is 4.52. The quantitative estimate of drug-likeness (QED) is 0.716. The third kappa shape index (κ3) is 4.47. The van der Waals surface area contributed by atoms with Crippen LogP contribution in [0.2, 0.25) is 0 Å². The Balaban J connectivity index is 2.41. The van der Waals surface area contributed by atoms with Crippen LogP contribution in [0.5, 0.6) is 0 Å². The van der Waals surface area contributed by atoms with Gasteiger partial charge in [-0.3, -0.25) is 4.79 Å². The predicted octanol–water partition coefficient (Wildman–Crippen LogP) is 1.57. The van der Waals surface area contributed by atoms with E-state index in [0.29, 0.717) is 11.8 Å². The number of aliphatic carboxylic acids is 1. The molecular formula is C12H19NO3. The predicted molar refractivity (Wildman–Crippen MR) is 60.9 cm³/mol. The Morgan fingerprint density at radius 3 is 2.19 bits per heavy atom. The van der Waals surface area contributed by atoms with Gasteiger partial charge < -0.3 is 10.4 Å². The zero-order valence-electron chi connectivity index (χ0n) is 9.77. The van der Waals surface area contributed by atoms with Crippen molar-refractivity contribution >= 4 is 11.9 Å². The van der Waals surface area contributed by atoms with Gasteiger partial charge in [0, 0.05) is 18.2 Å². The first kappa shape index (κ1) is 12.7. The molecule has 1 fully saturated rings. The van der Waals surface area contributed by atoms with Crippen LogP contribution in [0.25, 0.3) is 0 Å². The van der Waals surface area contributed by atoms with E-state index >= 15 is 0 Å². The Labute approximate surface area is 95.7 Å². The standard InChI is InChI=1S/C12H19NO3/c1-8-5-9(2)7-10(6-8)13-11(14)3-4-12(15)16/h3-4,8-10H,5-7H2,1-2H3,(H,13,14)(H,15,16). The van der Waals surface area contributed by atoms with Crippen LogP contribution in [0, 0.1) is 11.8 Å². The topological polar surface area (TPSA) is 66.4 Å². The average molecular weight is 225 g/mol. The molecule has 2 unspecified atom stereocenters. The summed E-state index contributed by atoms with van der Waals surface area (Å²) >= 11 is 0. The number of rotatable bonds is 3. The molecule has 0 radical (unpaired) electrons. The minimum atomic E-state index is -1.10. The first-order valence-corrected chi connectivity index (χ1v) is 5.69. The zero-order chi connectivity index (χ0) is 12.1. The molecule has 1 aliphatic carbocycles. The first-order valence-electron chi connectivity index (χ1n) is 5.69. The van der Waals surface area contributed by atoms with E-state index in [0.717, 1.165) is 25.0 Å². The van der Waals surface area contributed by atoms with E-state index in [1.165, 1.54) is 6.42 Å². The molecule has 16 heavy (non-hydrogen) atoms. The normalized spacial score (nSPS) is 30.2. The van der Waals surface area contributed by atoms with Crippen LogP contribution in [0.4, 0.5) is 0 Å². The fourth-order valence-electron chi connectivity index (χ4n) is 2.46. The Morgan fingerprint density at radius 1 is 1.12 bits per heavy atom. The van der Waals surface area contributed by atoms with Gasteiger partial charge >= 0.3 is 5.97 Å². The molecule has 4 nitrogen and oxygen atoms in total. The van der Waals surface area contributed by atoms with Gasteiger partial charge in [-0.2, -0.15) is 0 Å². The van der Waals surface area contributed by atoms with Gasteiger partial charge in [-0.15, -0.1) is 0 Å². The van der Waals surface area contributed by atoms with Gasteiger partial charge in [-0.25, -0.2) is 4.79 Å². The lowest BCUT2D eigenvalue weighted by Gasteiger charge is -2.31. The van der Waals surface area contributed by atoms with E-state index in [2.05, 4.69) is 19.2 Å². The number of carboxylic acid groups (broad SMARTS) is 1. The molecule has 1 amide bonds. The SMILES string of the molecule is CC1CC(C)CC(NC(=O)C=CC(=O)O)C1. The first-order chi connectivity index (χ1) is 7.47. The van der Waals surface area contributed by atoms with Gasteiger partial charge in [-0.05, 0) is 31.1 Å². The van der Waals surface area contributed by atoms with E-state index in [9.17, 15) is 9.59 Å². The van der Waals surface area contributed by atoms with Gasteiger partial charge in [0.2, 0.25) is 5.91 Å². The van der Waals surface area contributed by atoms with E-state index in [-0.39, 0.29) is 11.9 Å². The van der Waals surface area contributed by atoms with Crippen LogP contribution in [0.3, 0.4) is 0 Å². The van der Waals surface area contributed by atoms with Crippen molar-refractivity contribution in [1.82, 2.24) is 5.32 Å². The van der Waals surface area contributed by atoms with E-state index in [1.807, 2.05) is 0 Å². The van der Waals surface area contributed by atoms with Crippen molar-refractivity contribution in [2.75, 3.05) is 0 Å². The Bertz CT molecular complexity index is 289. The highest BCUT2D eigenvalue weighted by molar-refractivity contribution is 5.93. The summed E-state index contributed by atoms with van der Waals surface area (Å²) in [6, 6.07) is 0.185. The molecule has 0 spiro atoms. The number of amides is 1. The largest absolute Gasteiger partial charge is 0.478 e. The van der Waals surface area contributed by atoms with Gasteiger partial charge in [0.15, 0.2) is 0 Å². The zero-order valence-corrected chi connectivity index (χ0v) is 9.77. The molecular weight excluding hydrogens is 206 g/mol. The Hall–Kier alpha value is -1.32. The number of carbonyl (C=O) groups is 2. The molecule has 1 rings (SSSR count). The summed E-state index contributed by atoms with van der Waals surface area (Å²) < 4.78 is 0. The lowest BCUT2D eigenvalue weighted by molar-refractivity contribution is -0.131. The molecule has 0 saturated heterocycles. The van der Waals surface area contributed by atoms with Gasteiger partial charge in [0.25, 0.3) is 0 Å². The highest BCUT2D eigenvalue weighted by Crippen LogP contribution is 2.28. The summed E-state index contributed by atoms with van der Waals surface area (Å²) in [5.74, 6) is -0.163. The molecule has 0 heterocycles. The number of carbonyl (C=O) groups excluding carboxylic acids is 1. The lowest BCUT2D eigenvalue weighted by Crippen LogP contribution is -2.39. The molecule has 4 heteroatoms. The van der Waals surface area contributed by atoms with Crippen LogP contribution < -0.4 is 5.32 Å². The molecule has 1 saturated carbocycles. The molecule has 1 aliphatic rings. The van der Waals surface area contributed by atoms with Crippen molar-refractivity contribution < 1.29 is 14.7 Å². The summed E-state index contributed by atoms with van der Waals surface area (Å²) in [5.41, 5.74) is 0. The van der Waals surface area contributed by atoms with Crippen molar-refractivity contribution in [1.29, 1.82) is 0 Å². The number of carboxylic acids is 1. The highest BCUT2D eigenvalue weighted by Gasteiger charge is 2.24. The number of hydrogen-bond donors (Lipinski definition) is 2.